The number of aryl methyl sites for hydroxylation is 10. The predicted octanol–water partition coefficient (Wildman–Crippen LogP) is 29.9. The van der Waals surface area contributed by atoms with Crippen LogP contribution in [0.1, 0.15) is 80.6 Å². The van der Waals surface area contributed by atoms with Gasteiger partial charge in [0.05, 0.1) is 22.3 Å². The third kappa shape index (κ3) is 25.0. The minimum atomic E-state index is -2.16. The molecule has 0 unspecified atom stereocenters. The van der Waals surface area contributed by atoms with Crippen molar-refractivity contribution < 1.29 is 123 Å². The van der Waals surface area contributed by atoms with Gasteiger partial charge in [-0.1, -0.05) is 176 Å². The smallest absolute Gasteiger partial charge is 0.216 e. The number of furan rings is 4. The summed E-state index contributed by atoms with van der Waals surface area (Å²) in [6.07, 6.45) is 12.0. The number of para-hydroxylation sites is 2. The maximum Gasteiger partial charge on any atom is 0.216 e. The average molecular weight is 2520 g/mol. The second kappa shape index (κ2) is 48.3. The number of hydrogen-bond acceptors (Lipinski definition) is 14. The molecule has 688 valence electrons. The van der Waals surface area contributed by atoms with Gasteiger partial charge in [-0.25, -0.2) is 9.97 Å². The van der Waals surface area contributed by atoms with Crippen molar-refractivity contribution in [1.29, 1.82) is 0 Å². The van der Waals surface area contributed by atoms with Crippen LogP contribution in [0.2, 0.25) is 0 Å². The molecule has 0 saturated heterocycles. The van der Waals surface area contributed by atoms with Gasteiger partial charge in [-0.2, -0.15) is 0 Å². The molecule has 24 rings (SSSR count). The van der Waals surface area contributed by atoms with E-state index in [2.05, 4.69) is 130 Å². The summed E-state index contributed by atoms with van der Waals surface area (Å²) >= 11 is 0. The first-order valence-electron chi connectivity index (χ1n) is 51.4. The first kappa shape index (κ1) is 78.7. The van der Waals surface area contributed by atoms with Crippen molar-refractivity contribution in [3.63, 3.8) is 0 Å². The molecule has 0 spiro atoms. The van der Waals surface area contributed by atoms with E-state index >= 15 is 0 Å². The van der Waals surface area contributed by atoms with Crippen molar-refractivity contribution in [3.8, 4) is 90.1 Å². The molecule has 14 aromatic heterocycles. The number of pyridine rings is 10. The van der Waals surface area contributed by atoms with Gasteiger partial charge in [-0.15, -0.1) is 216 Å². The average Bonchev–Trinajstić information content (AvgIpc) is 1.61. The zero-order valence-electron chi connectivity index (χ0n) is 92.1. The third-order valence-electron chi connectivity index (χ3n) is 20.9. The quantitative estimate of drug-likeness (QED) is 0.131. The van der Waals surface area contributed by atoms with Gasteiger partial charge < -0.3 is 57.5 Å². The van der Waals surface area contributed by atoms with Gasteiger partial charge in [-0.05, 0) is 196 Å². The zero-order chi connectivity index (χ0) is 107. The van der Waals surface area contributed by atoms with Crippen LogP contribution in [0.4, 0.5) is 0 Å². The molecule has 138 heavy (non-hydrogen) atoms. The number of aromatic nitrogens is 10. The molecule has 14 nitrogen and oxygen atoms in total. The molecule has 18 heteroatoms. The van der Waals surface area contributed by atoms with Gasteiger partial charge in [-0.3, -0.25) is 0 Å². The maximum atomic E-state index is 7.43. The molecule has 4 radical (unpaired) electrons. The van der Waals surface area contributed by atoms with Crippen LogP contribution in [0, 0.1) is 117 Å². The Bertz CT molecular complexity index is 8480. The monoisotopic (exact) mass is 2520 g/mol. The molecule has 0 aliphatic rings. The Balaban J connectivity index is 0.000000148. The second-order valence-corrected chi connectivity index (χ2v) is 30.5. The third-order valence-corrected chi connectivity index (χ3v) is 20.9. The number of nitrogens with zero attached hydrogens (tertiary/aromatic N) is 10. The summed E-state index contributed by atoms with van der Waals surface area (Å²) < 4.78 is 155. The van der Waals surface area contributed by atoms with Crippen LogP contribution in [0.25, 0.3) is 178 Å². The summed E-state index contributed by atoms with van der Waals surface area (Å²) in [5.41, 5.74) is 24.2. The fourth-order valence-corrected chi connectivity index (χ4v) is 14.4. The second-order valence-electron chi connectivity index (χ2n) is 30.5. The van der Waals surface area contributed by atoms with E-state index in [0.717, 1.165) is 155 Å². The number of hydrogen-bond donors (Lipinski definition) is 0. The minimum Gasteiger partial charge on any atom is -0.501 e. The van der Waals surface area contributed by atoms with Crippen LogP contribution < -0.4 is 0 Å². The van der Waals surface area contributed by atoms with E-state index in [1.54, 1.807) is 97.1 Å². The zero-order valence-corrected chi connectivity index (χ0v) is 83.7. The summed E-state index contributed by atoms with van der Waals surface area (Å²) in [6.45, 7) is -4.70. The van der Waals surface area contributed by atoms with Gasteiger partial charge >= 0.3 is 0 Å². The van der Waals surface area contributed by atoms with Crippen molar-refractivity contribution in [1.82, 2.24) is 49.8 Å². The van der Waals surface area contributed by atoms with Crippen LogP contribution >= 0.6 is 0 Å². The molecule has 0 fully saturated rings. The summed E-state index contributed by atoms with van der Waals surface area (Å²) in [7, 11) is 0. The normalized spacial score (nSPS) is 12.9. The summed E-state index contributed by atoms with van der Waals surface area (Å²) in [6, 6.07) is 122. The first-order valence-corrected chi connectivity index (χ1v) is 42.4. The summed E-state index contributed by atoms with van der Waals surface area (Å²) in [5, 5.41) is 8.22. The molecule has 0 atom stereocenters. The standard InChI is InChI=1S/2C18H13N2O.2C18H12NO.4C12H10N.4Ir/c1-11-6-9-16(19-10-11)15-5-3-4-13-14-8-7-12(2)20-18(14)21-17(13)15;1-11-8-9-19-16(10-11)15-5-3-4-13-14-7-6-12(2)20-18(14)21-17(13)15;1-12-9-10-19-16(11-12)15-7-4-6-14-13-5-2-3-8-17(13)20-18(14)15;1-12-9-10-16(19-11-12)15-7-4-6-14-13-5-2-3-8-17(13)20-18(14)15;4*1-10-7-8-12(13-9-10)11-5-3-2-4-6-11;;;;/h2*3-4,6-10H,1-2H3;2*2-6,8-11H,1H3;4*2-5,7-9H,1H3;;;;/q8*-1;;;;/i1D3;;;5*1D3;;;;. The van der Waals surface area contributed by atoms with E-state index < -0.39 is 41.1 Å². The Morgan fingerprint density at radius 2 is 0.493 bits per heavy atom. The van der Waals surface area contributed by atoms with E-state index in [4.69, 9.17) is 42.3 Å². The molecule has 0 aliphatic heterocycles. The Labute approximate surface area is 882 Å². The molecule has 0 N–H and O–H groups in total. The van der Waals surface area contributed by atoms with Crippen LogP contribution in [-0.4, -0.2) is 49.8 Å². The van der Waals surface area contributed by atoms with Crippen molar-refractivity contribution in [2.45, 2.75) is 68.8 Å². The fraction of sp³-hybridized carbons (Fsp3) is 0.0833. The minimum absolute atomic E-state index is 0. The number of rotatable bonds is 8. The largest absolute Gasteiger partial charge is 0.501 e. The Morgan fingerprint density at radius 3 is 0.768 bits per heavy atom. The van der Waals surface area contributed by atoms with E-state index in [1.165, 1.54) is 42.7 Å². The van der Waals surface area contributed by atoms with Gasteiger partial charge in [0.1, 0.15) is 11.2 Å². The van der Waals surface area contributed by atoms with Crippen LogP contribution in [-0.2, 0) is 80.4 Å². The molecule has 24 aromatic rings. The Morgan fingerprint density at radius 1 is 0.217 bits per heavy atom. The molecule has 0 aliphatic carbocycles. The van der Waals surface area contributed by atoms with E-state index in [1.807, 2.05) is 226 Å². The predicted molar refractivity (Wildman–Crippen MR) is 540 cm³/mol. The summed E-state index contributed by atoms with van der Waals surface area (Å²) in [5.74, 6) is 0. The SMILES string of the molecule is Cc1ccnc(-c2[c-]ccc3c2oc2ccccc23)c1.Cc1ccnc(-c2[c-]ccc3c2oc2nc(C)ccc23)c1.[2H]C([2H])([2H])c1ccc(-c2[c-]ccc3c2oc2ccccc23)nc1.[2H]C([2H])([2H])c1ccc(-c2[c-]ccc3c2oc2nc(C)ccc23)nc1.[2H]C([2H])([2H])c1ccc(-c2[c-]cccc2)nc1.[2H]C([2H])([2H])c1ccc(-c2[c-]cccc2)nc1.[2H]C([2H])([2H])c1ccc(-c2[c-]cccc2)nc1.[2H]C([2H])([2H])c1ccc(-c2[c-]cccc2)nc1.[Ir].[Ir].[Ir].[Ir]. The molecule has 14 heterocycles. The van der Waals surface area contributed by atoms with Gasteiger partial charge in [0, 0.05) is 188 Å². The maximum absolute atomic E-state index is 7.43. The molecule has 0 saturated carbocycles. The van der Waals surface area contributed by atoms with Gasteiger partial charge in [0.25, 0.3) is 0 Å². The topological polar surface area (TPSA) is 181 Å². The Hall–Kier alpha value is -14.5. The van der Waals surface area contributed by atoms with Crippen LogP contribution in [0.3, 0.4) is 0 Å². The van der Waals surface area contributed by atoms with Crippen molar-refractivity contribution in [2.24, 2.45) is 0 Å². The fourth-order valence-electron chi connectivity index (χ4n) is 14.4. The number of benzene rings is 10. The van der Waals surface area contributed by atoms with Crippen molar-refractivity contribution >= 4 is 88.0 Å². The van der Waals surface area contributed by atoms with Gasteiger partial charge in [0.15, 0.2) is 0 Å². The van der Waals surface area contributed by atoms with E-state index in [0.29, 0.717) is 39.5 Å². The van der Waals surface area contributed by atoms with Crippen molar-refractivity contribution in [3.05, 3.63) is 469 Å². The summed E-state index contributed by atoms with van der Waals surface area (Å²) in [4.78, 5) is 42.8. The van der Waals surface area contributed by atoms with Crippen molar-refractivity contribution in [2.75, 3.05) is 0 Å². The number of fused-ring (bicyclic) bond motifs is 12. The molecular formula is C120H90Ir4N10O4-8. The Kier molecular flexibility index (Phi) is 27.5. The van der Waals surface area contributed by atoms with Crippen LogP contribution in [0.15, 0.2) is 383 Å². The van der Waals surface area contributed by atoms with E-state index in [9.17, 15) is 0 Å². The molecule has 0 amide bonds. The molecular weight excluding hydrogens is 2410 g/mol. The molecule has 0 bridgehead atoms. The van der Waals surface area contributed by atoms with Crippen LogP contribution in [0.5, 0.6) is 0 Å². The van der Waals surface area contributed by atoms with E-state index in [-0.39, 0.29) is 114 Å². The van der Waals surface area contributed by atoms with Gasteiger partial charge in [0.2, 0.25) is 11.4 Å². The first-order chi connectivity index (χ1) is 72.8. The molecule has 10 aromatic carbocycles.